The Labute approximate surface area is 127 Å². The fourth-order valence-electron chi connectivity index (χ4n) is 2.68. The second-order valence-corrected chi connectivity index (χ2v) is 5.87. The molecule has 1 atom stereocenters. The molecule has 1 aromatic heterocycles. The summed E-state index contributed by atoms with van der Waals surface area (Å²) in [4.78, 5) is 3.34. The van der Waals surface area contributed by atoms with Crippen LogP contribution in [0.1, 0.15) is 17.0 Å². The number of halogens is 1. The van der Waals surface area contributed by atoms with Crippen LogP contribution in [0, 0.1) is 0 Å². The van der Waals surface area contributed by atoms with Crippen molar-refractivity contribution in [1.82, 2.24) is 4.98 Å². The molecule has 1 unspecified atom stereocenters. The van der Waals surface area contributed by atoms with Gasteiger partial charge in [-0.3, -0.25) is 0 Å². The third-order valence-corrected chi connectivity index (χ3v) is 4.54. The molecule has 0 aliphatic rings. The Bertz CT molecular complexity index is 718. The summed E-state index contributed by atoms with van der Waals surface area (Å²) in [5.41, 5.74) is 9.80. The van der Waals surface area contributed by atoms with Crippen molar-refractivity contribution in [3.63, 3.8) is 0 Å². The molecule has 3 rings (SSSR count). The maximum Gasteiger partial charge on any atom is 0.0456 e. The minimum atomic E-state index is 0.324. The van der Waals surface area contributed by atoms with E-state index in [-0.39, 0.29) is 0 Å². The van der Waals surface area contributed by atoms with Gasteiger partial charge in [0.2, 0.25) is 0 Å². The van der Waals surface area contributed by atoms with E-state index in [1.165, 1.54) is 22.0 Å². The van der Waals surface area contributed by atoms with E-state index >= 15 is 0 Å². The Morgan fingerprint density at radius 3 is 2.60 bits per heavy atom. The summed E-state index contributed by atoms with van der Waals surface area (Å²) < 4.78 is 1.15. The van der Waals surface area contributed by atoms with Gasteiger partial charge in [-0.15, -0.1) is 0 Å². The number of nitrogens with one attached hydrogen (secondary N) is 1. The highest BCUT2D eigenvalue weighted by Crippen LogP contribution is 2.29. The van der Waals surface area contributed by atoms with Crippen LogP contribution in [0.25, 0.3) is 10.9 Å². The zero-order valence-corrected chi connectivity index (χ0v) is 12.7. The average molecular weight is 329 g/mol. The number of rotatable bonds is 4. The van der Waals surface area contributed by atoms with Gasteiger partial charge in [-0.05, 0) is 36.2 Å². The Balaban J connectivity index is 1.96. The summed E-state index contributed by atoms with van der Waals surface area (Å²) in [5, 5.41) is 1.27. The van der Waals surface area contributed by atoms with Crippen LogP contribution >= 0.6 is 15.9 Å². The predicted octanol–water partition coefficient (Wildman–Crippen LogP) is 4.22. The maximum atomic E-state index is 6.02. The zero-order chi connectivity index (χ0) is 13.9. The Hall–Kier alpha value is -1.58. The van der Waals surface area contributed by atoms with E-state index in [0.717, 1.165) is 10.9 Å². The van der Waals surface area contributed by atoms with Crippen LogP contribution in [0.4, 0.5) is 0 Å². The molecule has 3 aromatic rings. The number of aromatic amines is 1. The number of nitrogens with two attached hydrogens (primary N) is 1. The molecule has 0 spiro atoms. The highest BCUT2D eigenvalue weighted by molar-refractivity contribution is 9.10. The maximum absolute atomic E-state index is 6.02. The molecule has 3 N–H and O–H groups in total. The Morgan fingerprint density at radius 2 is 1.80 bits per heavy atom. The van der Waals surface area contributed by atoms with Crippen molar-refractivity contribution < 1.29 is 0 Å². The monoisotopic (exact) mass is 328 g/mol. The summed E-state index contributed by atoms with van der Waals surface area (Å²) in [6, 6.07) is 16.7. The van der Waals surface area contributed by atoms with E-state index in [9.17, 15) is 0 Å². The van der Waals surface area contributed by atoms with Gasteiger partial charge < -0.3 is 10.7 Å². The number of aromatic nitrogens is 1. The quantitative estimate of drug-likeness (QED) is 0.739. The van der Waals surface area contributed by atoms with E-state index < -0.39 is 0 Å². The molecule has 0 fully saturated rings. The third-order valence-electron chi connectivity index (χ3n) is 3.77. The molecule has 2 aromatic carbocycles. The van der Waals surface area contributed by atoms with Gasteiger partial charge in [0.1, 0.15) is 0 Å². The largest absolute Gasteiger partial charge is 0.361 e. The molecule has 0 amide bonds. The van der Waals surface area contributed by atoms with Gasteiger partial charge >= 0.3 is 0 Å². The van der Waals surface area contributed by atoms with Crippen LogP contribution < -0.4 is 5.73 Å². The van der Waals surface area contributed by atoms with E-state index in [1.807, 2.05) is 12.1 Å². The summed E-state index contributed by atoms with van der Waals surface area (Å²) >= 11 is 3.62. The standard InChI is InChI=1S/C17H17BrN2/c18-16-7-3-1-5-12(16)9-13(10-19)15-11-20-17-8-4-2-6-14(15)17/h1-8,11,13,20H,9-10,19H2. The molecule has 0 aliphatic heterocycles. The second kappa shape index (κ2) is 5.81. The first-order chi connectivity index (χ1) is 9.79. The lowest BCUT2D eigenvalue weighted by molar-refractivity contribution is 0.698. The summed E-state index contributed by atoms with van der Waals surface area (Å²) in [5.74, 6) is 0.324. The summed E-state index contributed by atoms with van der Waals surface area (Å²) in [7, 11) is 0. The fourth-order valence-corrected chi connectivity index (χ4v) is 3.13. The van der Waals surface area contributed by atoms with Gasteiger partial charge in [-0.2, -0.15) is 0 Å². The van der Waals surface area contributed by atoms with Crippen molar-refractivity contribution in [2.75, 3.05) is 6.54 Å². The van der Waals surface area contributed by atoms with E-state index in [0.29, 0.717) is 12.5 Å². The van der Waals surface area contributed by atoms with Gasteiger partial charge in [0, 0.05) is 27.5 Å². The molecular formula is C17H17BrN2. The van der Waals surface area contributed by atoms with Crippen molar-refractivity contribution in [3.05, 3.63) is 70.3 Å². The van der Waals surface area contributed by atoms with Crippen molar-refractivity contribution in [1.29, 1.82) is 0 Å². The first kappa shape index (κ1) is 13.4. The number of H-pyrrole nitrogens is 1. The molecule has 2 nitrogen and oxygen atoms in total. The molecule has 102 valence electrons. The molecule has 0 saturated carbocycles. The van der Waals surface area contributed by atoms with Gasteiger partial charge in [-0.1, -0.05) is 52.3 Å². The number of hydrogen-bond donors (Lipinski definition) is 2. The highest BCUT2D eigenvalue weighted by atomic mass is 79.9. The van der Waals surface area contributed by atoms with Crippen LogP contribution in [0.3, 0.4) is 0 Å². The predicted molar refractivity (Wildman–Crippen MR) is 87.9 cm³/mol. The number of para-hydroxylation sites is 1. The van der Waals surface area contributed by atoms with Gasteiger partial charge in [-0.25, -0.2) is 0 Å². The van der Waals surface area contributed by atoms with Crippen LogP contribution in [-0.2, 0) is 6.42 Å². The van der Waals surface area contributed by atoms with Crippen LogP contribution in [-0.4, -0.2) is 11.5 Å². The highest BCUT2D eigenvalue weighted by Gasteiger charge is 2.16. The normalized spacial score (nSPS) is 12.7. The number of benzene rings is 2. The van der Waals surface area contributed by atoms with Crippen molar-refractivity contribution >= 4 is 26.8 Å². The topological polar surface area (TPSA) is 41.8 Å². The van der Waals surface area contributed by atoms with Crippen LogP contribution in [0.5, 0.6) is 0 Å². The molecule has 0 aliphatic carbocycles. The van der Waals surface area contributed by atoms with E-state index in [1.54, 1.807) is 0 Å². The van der Waals surface area contributed by atoms with Crippen molar-refractivity contribution in [3.8, 4) is 0 Å². The van der Waals surface area contributed by atoms with Crippen molar-refractivity contribution in [2.45, 2.75) is 12.3 Å². The number of fused-ring (bicyclic) bond motifs is 1. The van der Waals surface area contributed by atoms with E-state index in [2.05, 4.69) is 63.5 Å². The smallest absolute Gasteiger partial charge is 0.0456 e. The fraction of sp³-hybridized carbons (Fsp3) is 0.176. The minimum Gasteiger partial charge on any atom is -0.361 e. The molecule has 0 saturated heterocycles. The molecule has 3 heteroatoms. The SMILES string of the molecule is NCC(Cc1ccccc1Br)c1c[nH]c2ccccc12. The molecule has 0 radical (unpaired) electrons. The summed E-state index contributed by atoms with van der Waals surface area (Å²) in [6.45, 7) is 0.642. The second-order valence-electron chi connectivity index (χ2n) is 5.02. The first-order valence-electron chi connectivity index (χ1n) is 6.79. The lowest BCUT2D eigenvalue weighted by Gasteiger charge is -2.15. The third kappa shape index (κ3) is 2.51. The van der Waals surface area contributed by atoms with Gasteiger partial charge in [0.15, 0.2) is 0 Å². The molecular weight excluding hydrogens is 312 g/mol. The molecule has 20 heavy (non-hydrogen) atoms. The average Bonchev–Trinajstić information content (AvgIpc) is 2.90. The molecule has 0 bridgehead atoms. The zero-order valence-electron chi connectivity index (χ0n) is 11.1. The molecule has 1 heterocycles. The van der Waals surface area contributed by atoms with Gasteiger partial charge in [0.25, 0.3) is 0 Å². The Morgan fingerprint density at radius 1 is 1.05 bits per heavy atom. The van der Waals surface area contributed by atoms with Gasteiger partial charge in [0.05, 0.1) is 0 Å². The number of hydrogen-bond acceptors (Lipinski definition) is 1. The lowest BCUT2D eigenvalue weighted by Crippen LogP contribution is -2.15. The van der Waals surface area contributed by atoms with Crippen LogP contribution in [0.15, 0.2) is 59.2 Å². The first-order valence-corrected chi connectivity index (χ1v) is 7.58. The Kier molecular flexibility index (Phi) is 3.90. The van der Waals surface area contributed by atoms with Crippen LogP contribution in [0.2, 0.25) is 0 Å². The van der Waals surface area contributed by atoms with E-state index in [4.69, 9.17) is 5.73 Å². The summed E-state index contributed by atoms with van der Waals surface area (Å²) in [6.07, 6.45) is 3.04. The van der Waals surface area contributed by atoms with Crippen molar-refractivity contribution in [2.24, 2.45) is 5.73 Å². The lowest BCUT2D eigenvalue weighted by atomic mass is 9.92. The minimum absolute atomic E-state index is 0.324.